The normalized spacial score (nSPS) is 26.3. The fraction of sp³-hybridized carbons (Fsp3) is 0.667. The quantitative estimate of drug-likeness (QED) is 0.880. The highest BCUT2D eigenvalue weighted by molar-refractivity contribution is 5.24. The van der Waals surface area contributed by atoms with Crippen LogP contribution < -0.4 is 5.73 Å². The molecule has 3 heteroatoms. The van der Waals surface area contributed by atoms with Gasteiger partial charge in [-0.05, 0) is 53.9 Å². The van der Waals surface area contributed by atoms with Crippen molar-refractivity contribution in [3.63, 3.8) is 0 Å². The third kappa shape index (κ3) is 4.52. The highest BCUT2D eigenvalue weighted by Gasteiger charge is 2.31. The Morgan fingerprint density at radius 1 is 1.24 bits per heavy atom. The van der Waals surface area contributed by atoms with Crippen LogP contribution in [0.2, 0.25) is 0 Å². The third-order valence-corrected chi connectivity index (χ3v) is 4.68. The Balaban J connectivity index is 2.01. The summed E-state index contributed by atoms with van der Waals surface area (Å²) in [5.74, 6) is 1.74. The van der Waals surface area contributed by atoms with Crippen LogP contribution >= 0.6 is 0 Å². The average molecular weight is 293 g/mol. The minimum absolute atomic E-state index is 0.228. The van der Waals surface area contributed by atoms with Crippen molar-refractivity contribution in [3.8, 4) is 0 Å². The van der Waals surface area contributed by atoms with Gasteiger partial charge in [-0.1, -0.05) is 33.3 Å². The maximum Gasteiger partial charge on any atom is 0.123 e. The summed E-state index contributed by atoms with van der Waals surface area (Å²) in [6.45, 7) is 7.67. The van der Waals surface area contributed by atoms with Crippen molar-refractivity contribution in [2.24, 2.45) is 23.5 Å². The standard InChI is InChI=1S/C18H28FNO/c1-12(2)17-5-4-13(3)6-18(17)21-11-15-7-14(10-20)8-16(19)9-15/h7-9,12-13,17-18H,4-6,10-11,20H2,1-3H3. The summed E-state index contributed by atoms with van der Waals surface area (Å²) in [5.41, 5.74) is 7.31. The Bertz CT molecular complexity index is 461. The molecule has 0 aromatic heterocycles. The van der Waals surface area contributed by atoms with Gasteiger partial charge in [-0.15, -0.1) is 0 Å². The van der Waals surface area contributed by atoms with Crippen molar-refractivity contribution >= 4 is 0 Å². The second kappa shape index (κ2) is 7.37. The molecule has 0 saturated heterocycles. The first-order valence-electron chi connectivity index (χ1n) is 8.09. The van der Waals surface area contributed by atoms with Gasteiger partial charge in [0.05, 0.1) is 12.7 Å². The predicted molar refractivity (Wildman–Crippen MR) is 84.2 cm³/mol. The Morgan fingerprint density at radius 3 is 2.62 bits per heavy atom. The molecule has 2 N–H and O–H groups in total. The first-order chi connectivity index (χ1) is 9.99. The van der Waals surface area contributed by atoms with Crippen molar-refractivity contribution in [2.45, 2.75) is 59.3 Å². The van der Waals surface area contributed by atoms with Crippen LogP contribution in [0.3, 0.4) is 0 Å². The number of benzene rings is 1. The van der Waals surface area contributed by atoms with Gasteiger partial charge < -0.3 is 10.5 Å². The Hall–Kier alpha value is -0.930. The molecule has 2 nitrogen and oxygen atoms in total. The van der Waals surface area contributed by atoms with Gasteiger partial charge in [0.15, 0.2) is 0 Å². The van der Waals surface area contributed by atoms with E-state index < -0.39 is 0 Å². The van der Waals surface area contributed by atoms with Crippen molar-refractivity contribution in [2.75, 3.05) is 0 Å². The zero-order valence-corrected chi connectivity index (χ0v) is 13.4. The van der Waals surface area contributed by atoms with E-state index >= 15 is 0 Å². The number of hydrogen-bond acceptors (Lipinski definition) is 2. The fourth-order valence-corrected chi connectivity index (χ4v) is 3.43. The summed E-state index contributed by atoms with van der Waals surface area (Å²) in [4.78, 5) is 0. The van der Waals surface area contributed by atoms with Crippen LogP contribution in [-0.4, -0.2) is 6.10 Å². The summed E-state index contributed by atoms with van der Waals surface area (Å²) >= 11 is 0. The summed E-state index contributed by atoms with van der Waals surface area (Å²) in [6.07, 6.45) is 3.93. The van der Waals surface area contributed by atoms with Crippen molar-refractivity contribution in [3.05, 3.63) is 35.1 Å². The lowest BCUT2D eigenvalue weighted by Gasteiger charge is -2.37. The molecule has 118 valence electrons. The van der Waals surface area contributed by atoms with E-state index in [1.54, 1.807) is 6.07 Å². The smallest absolute Gasteiger partial charge is 0.123 e. The molecule has 3 atom stereocenters. The molecule has 21 heavy (non-hydrogen) atoms. The van der Waals surface area contributed by atoms with E-state index in [2.05, 4.69) is 20.8 Å². The lowest BCUT2D eigenvalue weighted by atomic mass is 9.75. The van der Waals surface area contributed by atoms with E-state index in [0.29, 0.717) is 31.1 Å². The monoisotopic (exact) mass is 293 g/mol. The molecule has 1 aliphatic carbocycles. The van der Waals surface area contributed by atoms with Crippen LogP contribution in [0.5, 0.6) is 0 Å². The maximum atomic E-state index is 13.5. The SMILES string of the molecule is CC1CCC(C(C)C)C(OCc2cc(F)cc(CN)c2)C1. The third-order valence-electron chi connectivity index (χ3n) is 4.68. The number of nitrogens with two attached hydrogens (primary N) is 1. The van der Waals surface area contributed by atoms with Gasteiger partial charge in [0.25, 0.3) is 0 Å². The van der Waals surface area contributed by atoms with Gasteiger partial charge in [-0.3, -0.25) is 0 Å². The van der Waals surface area contributed by atoms with Gasteiger partial charge >= 0.3 is 0 Å². The van der Waals surface area contributed by atoms with Crippen LogP contribution in [0, 0.1) is 23.6 Å². The predicted octanol–water partition coefficient (Wildman–Crippen LogP) is 4.26. The largest absolute Gasteiger partial charge is 0.373 e. The Morgan fingerprint density at radius 2 is 1.95 bits per heavy atom. The molecule has 1 saturated carbocycles. The maximum absolute atomic E-state index is 13.5. The van der Waals surface area contributed by atoms with Gasteiger partial charge in [0.2, 0.25) is 0 Å². The van der Waals surface area contributed by atoms with Crippen LogP contribution in [-0.2, 0) is 17.9 Å². The van der Waals surface area contributed by atoms with E-state index in [9.17, 15) is 4.39 Å². The molecule has 1 aromatic carbocycles. The first-order valence-corrected chi connectivity index (χ1v) is 8.09. The number of halogens is 1. The Labute approximate surface area is 127 Å². The molecule has 0 amide bonds. The highest BCUT2D eigenvalue weighted by Crippen LogP contribution is 2.35. The van der Waals surface area contributed by atoms with Gasteiger partial charge in [0, 0.05) is 6.54 Å². The summed E-state index contributed by atoms with van der Waals surface area (Å²) < 4.78 is 19.7. The van der Waals surface area contributed by atoms with Crippen LogP contribution in [0.4, 0.5) is 4.39 Å². The number of rotatable bonds is 5. The molecular formula is C18H28FNO. The molecule has 0 radical (unpaired) electrons. The number of ether oxygens (including phenoxy) is 1. The summed E-state index contributed by atoms with van der Waals surface area (Å²) in [5, 5.41) is 0. The molecule has 1 aliphatic rings. The molecule has 0 heterocycles. The van der Waals surface area contributed by atoms with Crippen LogP contribution in [0.25, 0.3) is 0 Å². The topological polar surface area (TPSA) is 35.2 Å². The minimum atomic E-state index is -0.228. The van der Waals surface area contributed by atoms with E-state index in [-0.39, 0.29) is 5.82 Å². The molecular weight excluding hydrogens is 265 g/mol. The second-order valence-corrected chi connectivity index (χ2v) is 6.85. The molecule has 0 aliphatic heterocycles. The average Bonchev–Trinajstić information content (AvgIpc) is 2.44. The van der Waals surface area contributed by atoms with Crippen molar-refractivity contribution in [1.82, 2.24) is 0 Å². The lowest BCUT2D eigenvalue weighted by molar-refractivity contribution is -0.0473. The number of hydrogen-bond donors (Lipinski definition) is 1. The fourth-order valence-electron chi connectivity index (χ4n) is 3.43. The van der Waals surface area contributed by atoms with Crippen molar-refractivity contribution < 1.29 is 9.13 Å². The Kier molecular flexibility index (Phi) is 5.77. The highest BCUT2D eigenvalue weighted by atomic mass is 19.1. The van der Waals surface area contributed by atoms with Crippen LogP contribution in [0.15, 0.2) is 18.2 Å². The van der Waals surface area contributed by atoms with E-state index in [0.717, 1.165) is 23.5 Å². The van der Waals surface area contributed by atoms with E-state index in [1.165, 1.54) is 18.9 Å². The molecule has 0 bridgehead atoms. The molecule has 1 aromatic rings. The van der Waals surface area contributed by atoms with Crippen molar-refractivity contribution in [1.29, 1.82) is 0 Å². The van der Waals surface area contributed by atoms with E-state index in [4.69, 9.17) is 10.5 Å². The zero-order chi connectivity index (χ0) is 15.4. The summed E-state index contributed by atoms with van der Waals surface area (Å²) in [7, 11) is 0. The van der Waals surface area contributed by atoms with E-state index in [1.807, 2.05) is 6.07 Å². The first kappa shape index (κ1) is 16.4. The van der Waals surface area contributed by atoms with Gasteiger partial charge in [0.1, 0.15) is 5.82 Å². The minimum Gasteiger partial charge on any atom is -0.373 e. The molecule has 3 unspecified atom stereocenters. The molecule has 1 fully saturated rings. The van der Waals surface area contributed by atoms with Crippen LogP contribution in [0.1, 0.15) is 51.2 Å². The zero-order valence-electron chi connectivity index (χ0n) is 13.4. The van der Waals surface area contributed by atoms with Gasteiger partial charge in [-0.25, -0.2) is 4.39 Å². The lowest BCUT2D eigenvalue weighted by Crippen LogP contribution is -2.34. The second-order valence-electron chi connectivity index (χ2n) is 6.85. The molecule has 2 rings (SSSR count). The summed E-state index contributed by atoms with van der Waals surface area (Å²) in [6, 6.07) is 4.98. The van der Waals surface area contributed by atoms with Gasteiger partial charge in [-0.2, -0.15) is 0 Å². The molecule has 0 spiro atoms.